The molecule has 5 heteroatoms. The van der Waals surface area contributed by atoms with Gasteiger partial charge >= 0.3 is 0 Å². The Morgan fingerprint density at radius 1 is 1.04 bits per heavy atom. The largest absolute Gasteiger partial charge is 0.379 e. The molecule has 0 saturated carbocycles. The Balaban J connectivity index is 1.40. The molecule has 1 saturated heterocycles. The lowest BCUT2D eigenvalue weighted by molar-refractivity contribution is 0.0357. The summed E-state index contributed by atoms with van der Waals surface area (Å²) in [5, 5.41) is 4.49. The number of fused-ring (bicyclic) bond motifs is 1. The quantitative estimate of drug-likeness (QED) is 0.842. The lowest BCUT2D eigenvalue weighted by Crippen LogP contribution is -2.40. The third kappa shape index (κ3) is 3.53. The van der Waals surface area contributed by atoms with Gasteiger partial charge in [0.15, 0.2) is 0 Å². The molecule has 1 atom stereocenters. The lowest BCUT2D eigenvalue weighted by Gasteiger charge is -2.35. The highest BCUT2D eigenvalue weighted by atomic mass is 16.5. The molecule has 2 aliphatic heterocycles. The third-order valence-corrected chi connectivity index (χ3v) is 5.14. The van der Waals surface area contributed by atoms with E-state index in [9.17, 15) is 0 Å². The van der Waals surface area contributed by atoms with E-state index in [1.807, 2.05) is 12.3 Å². The van der Waals surface area contributed by atoms with E-state index in [0.29, 0.717) is 6.04 Å². The highest BCUT2D eigenvalue weighted by molar-refractivity contribution is 5.32. The number of benzene rings is 1. The maximum atomic E-state index is 5.43. The maximum absolute atomic E-state index is 5.43. The summed E-state index contributed by atoms with van der Waals surface area (Å²) in [6.07, 6.45) is 5.17. The number of aromatic nitrogens is 2. The fraction of sp³-hybridized carbons (Fsp3) is 0.526. The van der Waals surface area contributed by atoms with E-state index in [4.69, 9.17) is 4.74 Å². The molecule has 2 aromatic rings. The smallest absolute Gasteiger partial charge is 0.0898 e. The number of morpholine rings is 1. The third-order valence-electron chi connectivity index (χ3n) is 5.14. The SMILES string of the molecule is c1ccc2c(c1)CN(CCCN1CCOCC1)C[C@@H]2n1cccn1. The second kappa shape index (κ2) is 7.47. The second-order valence-corrected chi connectivity index (χ2v) is 6.74. The van der Waals surface area contributed by atoms with Gasteiger partial charge in [-0.3, -0.25) is 14.5 Å². The van der Waals surface area contributed by atoms with E-state index in [0.717, 1.165) is 45.9 Å². The van der Waals surface area contributed by atoms with Crippen molar-refractivity contribution in [2.24, 2.45) is 0 Å². The topological polar surface area (TPSA) is 33.5 Å². The van der Waals surface area contributed by atoms with Crippen LogP contribution in [-0.2, 0) is 11.3 Å². The van der Waals surface area contributed by atoms with Gasteiger partial charge in [-0.05, 0) is 36.7 Å². The van der Waals surface area contributed by atoms with E-state index in [-0.39, 0.29) is 0 Å². The Kier molecular flexibility index (Phi) is 4.92. The number of hydrogen-bond donors (Lipinski definition) is 0. The van der Waals surface area contributed by atoms with E-state index in [1.54, 1.807) is 0 Å². The van der Waals surface area contributed by atoms with Gasteiger partial charge in [0.25, 0.3) is 0 Å². The first-order valence-corrected chi connectivity index (χ1v) is 8.99. The molecule has 0 spiro atoms. The van der Waals surface area contributed by atoms with Crippen LogP contribution in [0.1, 0.15) is 23.6 Å². The van der Waals surface area contributed by atoms with Crippen molar-refractivity contribution >= 4 is 0 Å². The maximum Gasteiger partial charge on any atom is 0.0898 e. The molecule has 5 nitrogen and oxygen atoms in total. The first-order valence-electron chi connectivity index (χ1n) is 8.99. The highest BCUT2D eigenvalue weighted by Crippen LogP contribution is 2.29. The Bertz CT molecular complexity index is 637. The summed E-state index contributed by atoms with van der Waals surface area (Å²) < 4.78 is 7.53. The predicted molar refractivity (Wildman–Crippen MR) is 94.0 cm³/mol. The van der Waals surface area contributed by atoms with Crippen molar-refractivity contribution in [1.82, 2.24) is 19.6 Å². The average Bonchev–Trinajstić information content (AvgIpc) is 3.16. The van der Waals surface area contributed by atoms with E-state index >= 15 is 0 Å². The Labute approximate surface area is 143 Å². The summed E-state index contributed by atoms with van der Waals surface area (Å²) >= 11 is 0. The Morgan fingerprint density at radius 2 is 1.88 bits per heavy atom. The first kappa shape index (κ1) is 15.8. The van der Waals surface area contributed by atoms with Gasteiger partial charge in [0.1, 0.15) is 0 Å². The molecule has 0 bridgehead atoms. The molecule has 4 rings (SSSR count). The predicted octanol–water partition coefficient (Wildman–Crippen LogP) is 2.01. The van der Waals surface area contributed by atoms with E-state index in [1.165, 1.54) is 24.1 Å². The van der Waals surface area contributed by atoms with Crippen LogP contribution in [-0.4, -0.2) is 65.5 Å². The molecule has 2 aliphatic rings. The van der Waals surface area contributed by atoms with Crippen LogP contribution in [0.3, 0.4) is 0 Å². The fourth-order valence-electron chi connectivity index (χ4n) is 3.86. The summed E-state index contributed by atoms with van der Waals surface area (Å²) in [7, 11) is 0. The van der Waals surface area contributed by atoms with Gasteiger partial charge in [0.2, 0.25) is 0 Å². The molecule has 128 valence electrons. The van der Waals surface area contributed by atoms with E-state index in [2.05, 4.69) is 50.0 Å². The van der Waals surface area contributed by atoms with Crippen LogP contribution in [0.4, 0.5) is 0 Å². The van der Waals surface area contributed by atoms with Crippen LogP contribution in [0.25, 0.3) is 0 Å². The summed E-state index contributed by atoms with van der Waals surface area (Å²) in [5.41, 5.74) is 2.86. The molecule has 3 heterocycles. The van der Waals surface area contributed by atoms with Crippen molar-refractivity contribution in [2.45, 2.75) is 19.0 Å². The Morgan fingerprint density at radius 3 is 2.71 bits per heavy atom. The van der Waals surface area contributed by atoms with Gasteiger partial charge in [0.05, 0.1) is 19.3 Å². The van der Waals surface area contributed by atoms with Crippen LogP contribution in [0.5, 0.6) is 0 Å². The summed E-state index contributed by atoms with van der Waals surface area (Å²) in [4.78, 5) is 5.10. The van der Waals surface area contributed by atoms with Crippen molar-refractivity contribution in [3.05, 3.63) is 53.9 Å². The van der Waals surface area contributed by atoms with Crippen molar-refractivity contribution in [3.63, 3.8) is 0 Å². The molecule has 0 N–H and O–H groups in total. The van der Waals surface area contributed by atoms with Gasteiger partial charge in [-0.25, -0.2) is 0 Å². The molecule has 0 unspecified atom stereocenters. The van der Waals surface area contributed by atoms with Gasteiger partial charge in [-0.1, -0.05) is 24.3 Å². The summed E-state index contributed by atoms with van der Waals surface area (Å²) in [6, 6.07) is 11.2. The fourth-order valence-corrected chi connectivity index (χ4v) is 3.86. The van der Waals surface area contributed by atoms with Crippen molar-refractivity contribution in [1.29, 1.82) is 0 Å². The second-order valence-electron chi connectivity index (χ2n) is 6.74. The van der Waals surface area contributed by atoms with Crippen molar-refractivity contribution in [2.75, 3.05) is 45.9 Å². The molecular formula is C19H26N4O. The first-order chi connectivity index (χ1) is 11.9. The van der Waals surface area contributed by atoms with Crippen LogP contribution in [0.15, 0.2) is 42.7 Å². The number of ether oxygens (including phenoxy) is 1. The van der Waals surface area contributed by atoms with E-state index < -0.39 is 0 Å². The molecule has 1 fully saturated rings. The van der Waals surface area contributed by atoms with Crippen LogP contribution < -0.4 is 0 Å². The molecule has 1 aromatic carbocycles. The molecule has 0 aliphatic carbocycles. The van der Waals surface area contributed by atoms with Gasteiger partial charge in [-0.15, -0.1) is 0 Å². The Hall–Kier alpha value is -1.69. The molecule has 24 heavy (non-hydrogen) atoms. The van der Waals surface area contributed by atoms with Crippen molar-refractivity contribution < 1.29 is 4.74 Å². The van der Waals surface area contributed by atoms with Gasteiger partial charge in [-0.2, -0.15) is 5.10 Å². The molecular weight excluding hydrogens is 300 g/mol. The van der Waals surface area contributed by atoms with Gasteiger partial charge < -0.3 is 4.74 Å². The minimum absolute atomic E-state index is 0.327. The van der Waals surface area contributed by atoms with Crippen molar-refractivity contribution in [3.8, 4) is 0 Å². The lowest BCUT2D eigenvalue weighted by atomic mass is 9.95. The monoisotopic (exact) mass is 326 g/mol. The zero-order chi connectivity index (χ0) is 16.2. The zero-order valence-corrected chi connectivity index (χ0v) is 14.2. The van der Waals surface area contributed by atoms with Crippen LogP contribution >= 0.6 is 0 Å². The molecule has 0 radical (unpaired) electrons. The minimum atomic E-state index is 0.327. The van der Waals surface area contributed by atoms with Gasteiger partial charge in [0, 0.05) is 38.6 Å². The standard InChI is InChI=1S/C19H26N4O/c1-2-6-18-17(5-1)15-22(16-19(18)23-10-3-7-20-23)9-4-8-21-11-13-24-14-12-21/h1-3,5-7,10,19H,4,8-9,11-16H2/t19-/m0/s1. The van der Waals surface area contributed by atoms with Crippen LogP contribution in [0, 0.1) is 0 Å². The average molecular weight is 326 g/mol. The summed E-state index contributed by atoms with van der Waals surface area (Å²) in [5.74, 6) is 0. The summed E-state index contributed by atoms with van der Waals surface area (Å²) in [6.45, 7) is 8.35. The minimum Gasteiger partial charge on any atom is -0.379 e. The molecule has 1 aromatic heterocycles. The highest BCUT2D eigenvalue weighted by Gasteiger charge is 2.26. The molecule has 0 amide bonds. The normalized spacial score (nSPS) is 22.4. The number of nitrogens with zero attached hydrogens (tertiary/aromatic N) is 4. The zero-order valence-electron chi connectivity index (χ0n) is 14.2. The number of rotatable bonds is 5. The number of hydrogen-bond acceptors (Lipinski definition) is 4. The van der Waals surface area contributed by atoms with Crippen LogP contribution in [0.2, 0.25) is 0 Å².